The molecule has 2 aromatic carbocycles. The molecule has 0 saturated carbocycles. The van der Waals surface area contributed by atoms with E-state index in [0.29, 0.717) is 22.6 Å². The summed E-state index contributed by atoms with van der Waals surface area (Å²) in [5.41, 5.74) is 4.11. The average Bonchev–Trinajstić information content (AvgIpc) is 3.06. The van der Waals surface area contributed by atoms with Gasteiger partial charge in [-0.1, -0.05) is 45.0 Å². The van der Waals surface area contributed by atoms with Crippen LogP contribution in [0.1, 0.15) is 37.8 Å². The third-order valence-electron chi connectivity index (χ3n) is 5.44. The molecule has 0 radical (unpaired) electrons. The number of amides is 1. The molecule has 0 atom stereocenters. The molecule has 4 rings (SSSR count). The highest BCUT2D eigenvalue weighted by atomic mass is 16.2. The van der Waals surface area contributed by atoms with Crippen molar-refractivity contribution < 1.29 is 4.79 Å². The van der Waals surface area contributed by atoms with Crippen molar-refractivity contribution in [3.05, 3.63) is 88.3 Å². The molecule has 1 amide bonds. The van der Waals surface area contributed by atoms with Crippen LogP contribution in [0, 0.1) is 0 Å². The molecule has 0 unspecified atom stereocenters. The van der Waals surface area contributed by atoms with Crippen LogP contribution in [0.5, 0.6) is 0 Å². The molecule has 2 heterocycles. The van der Waals surface area contributed by atoms with Crippen LogP contribution in [0.25, 0.3) is 16.7 Å². The number of benzene rings is 2. The number of hydrogen-bond donors (Lipinski definition) is 1. The fourth-order valence-electron chi connectivity index (χ4n) is 3.65. The van der Waals surface area contributed by atoms with Crippen molar-refractivity contribution in [1.82, 2.24) is 14.3 Å². The molecule has 31 heavy (non-hydrogen) atoms. The lowest BCUT2D eigenvalue weighted by atomic mass is 10.0. The maximum absolute atomic E-state index is 13.1. The monoisotopic (exact) mass is 414 g/mol. The smallest absolute Gasteiger partial charge is 0.280 e. The summed E-state index contributed by atoms with van der Waals surface area (Å²) in [6, 6.07) is 19.1. The predicted octanol–water partition coefficient (Wildman–Crippen LogP) is 4.51. The van der Waals surface area contributed by atoms with E-state index in [1.807, 2.05) is 48.5 Å². The zero-order chi connectivity index (χ0) is 22.0. The highest BCUT2D eigenvalue weighted by Crippen LogP contribution is 2.18. The van der Waals surface area contributed by atoms with E-state index in [2.05, 4.69) is 31.1 Å². The summed E-state index contributed by atoms with van der Waals surface area (Å²) in [4.78, 5) is 30.4. The number of nitrogens with zero attached hydrogens (tertiary/aromatic N) is 3. The number of aryl methyl sites for hydroxylation is 1. The molecule has 0 aliphatic heterocycles. The van der Waals surface area contributed by atoms with Crippen molar-refractivity contribution in [2.45, 2.75) is 39.7 Å². The van der Waals surface area contributed by atoms with E-state index < -0.39 is 0 Å². The van der Waals surface area contributed by atoms with E-state index in [9.17, 15) is 9.59 Å². The van der Waals surface area contributed by atoms with Crippen LogP contribution in [0.2, 0.25) is 0 Å². The Labute approximate surface area is 181 Å². The van der Waals surface area contributed by atoms with Crippen molar-refractivity contribution in [1.29, 1.82) is 0 Å². The molecular formula is C25H26N4O2. The van der Waals surface area contributed by atoms with Crippen molar-refractivity contribution in [3.63, 3.8) is 0 Å². The topological polar surface area (TPSA) is 68.9 Å². The first-order chi connectivity index (χ1) is 15.0. The van der Waals surface area contributed by atoms with E-state index in [1.165, 1.54) is 15.8 Å². The van der Waals surface area contributed by atoms with Crippen LogP contribution < -0.4 is 10.9 Å². The number of nitrogens with one attached hydrogen (secondary N) is 1. The normalized spacial score (nSPS) is 11.2. The molecule has 158 valence electrons. The highest BCUT2D eigenvalue weighted by molar-refractivity contribution is 5.91. The second kappa shape index (κ2) is 8.60. The number of carbonyl (C=O) groups is 1. The van der Waals surface area contributed by atoms with Gasteiger partial charge in [0.05, 0.1) is 11.1 Å². The van der Waals surface area contributed by atoms with Crippen molar-refractivity contribution in [3.8, 4) is 5.69 Å². The standard InChI is InChI=1S/C25H26N4O2/c1-4-18-7-13-21(14-8-18)29-25(31)22-6-5-15-26-24(22)28(29)16-23(30)27-20-11-9-19(10-12-20)17(2)3/h5-15,17H,4,16H2,1-3H3,(H,27,30). The van der Waals surface area contributed by atoms with Crippen LogP contribution in [0.15, 0.2) is 71.7 Å². The summed E-state index contributed by atoms with van der Waals surface area (Å²) in [6.45, 7) is 6.31. The lowest BCUT2D eigenvalue weighted by Gasteiger charge is -2.13. The Morgan fingerprint density at radius 1 is 1.03 bits per heavy atom. The number of hydrogen-bond acceptors (Lipinski definition) is 3. The SMILES string of the molecule is CCc1ccc(-n2c(=O)c3cccnc3n2CC(=O)Nc2ccc(C(C)C)cc2)cc1. The second-order valence-electron chi connectivity index (χ2n) is 7.89. The molecule has 1 N–H and O–H groups in total. The maximum Gasteiger partial charge on any atom is 0.280 e. The van der Waals surface area contributed by atoms with Gasteiger partial charge < -0.3 is 5.32 Å². The number of anilines is 1. The van der Waals surface area contributed by atoms with Gasteiger partial charge in [0.25, 0.3) is 5.56 Å². The van der Waals surface area contributed by atoms with Gasteiger partial charge in [-0.05, 0) is 59.9 Å². The first kappa shape index (κ1) is 20.6. The van der Waals surface area contributed by atoms with Crippen LogP contribution in [0.3, 0.4) is 0 Å². The molecule has 0 bridgehead atoms. The van der Waals surface area contributed by atoms with Gasteiger partial charge in [-0.15, -0.1) is 0 Å². The third kappa shape index (κ3) is 4.14. The lowest BCUT2D eigenvalue weighted by Crippen LogP contribution is -2.27. The molecule has 6 nitrogen and oxygen atoms in total. The minimum Gasteiger partial charge on any atom is -0.324 e. The molecule has 2 aromatic heterocycles. The highest BCUT2D eigenvalue weighted by Gasteiger charge is 2.18. The molecule has 0 saturated heterocycles. The van der Waals surface area contributed by atoms with Crippen LogP contribution in [0.4, 0.5) is 5.69 Å². The average molecular weight is 415 g/mol. The maximum atomic E-state index is 13.1. The van der Waals surface area contributed by atoms with E-state index in [0.717, 1.165) is 12.1 Å². The Morgan fingerprint density at radius 3 is 2.39 bits per heavy atom. The summed E-state index contributed by atoms with van der Waals surface area (Å²) in [6.07, 6.45) is 2.54. The molecule has 0 spiro atoms. The summed E-state index contributed by atoms with van der Waals surface area (Å²) < 4.78 is 3.16. The molecule has 4 aromatic rings. The van der Waals surface area contributed by atoms with E-state index in [1.54, 1.807) is 23.0 Å². The number of carbonyl (C=O) groups excluding carboxylic acids is 1. The number of pyridine rings is 1. The van der Waals surface area contributed by atoms with E-state index >= 15 is 0 Å². The summed E-state index contributed by atoms with van der Waals surface area (Å²) >= 11 is 0. The van der Waals surface area contributed by atoms with Crippen LogP contribution >= 0.6 is 0 Å². The zero-order valence-corrected chi connectivity index (χ0v) is 18.0. The van der Waals surface area contributed by atoms with Crippen molar-refractivity contribution in [2.24, 2.45) is 0 Å². The van der Waals surface area contributed by atoms with Gasteiger partial charge in [0.2, 0.25) is 5.91 Å². The Morgan fingerprint density at radius 2 is 1.74 bits per heavy atom. The van der Waals surface area contributed by atoms with E-state index in [-0.39, 0.29) is 18.0 Å². The number of fused-ring (bicyclic) bond motifs is 1. The van der Waals surface area contributed by atoms with E-state index in [4.69, 9.17) is 0 Å². The van der Waals surface area contributed by atoms with Gasteiger partial charge in [0.1, 0.15) is 6.54 Å². The first-order valence-electron chi connectivity index (χ1n) is 10.5. The van der Waals surface area contributed by atoms with Gasteiger partial charge in [-0.3, -0.25) is 14.3 Å². The summed E-state index contributed by atoms with van der Waals surface area (Å²) in [5, 5.41) is 3.41. The largest absolute Gasteiger partial charge is 0.324 e. The minimum absolute atomic E-state index is 0.0305. The fourth-order valence-corrected chi connectivity index (χ4v) is 3.65. The van der Waals surface area contributed by atoms with Gasteiger partial charge >= 0.3 is 0 Å². The minimum atomic E-state index is -0.223. The quantitative estimate of drug-likeness (QED) is 0.505. The zero-order valence-electron chi connectivity index (χ0n) is 18.0. The van der Waals surface area contributed by atoms with Crippen molar-refractivity contribution in [2.75, 3.05) is 5.32 Å². The molecule has 6 heteroatoms. The van der Waals surface area contributed by atoms with Crippen LogP contribution in [-0.2, 0) is 17.8 Å². The Balaban J connectivity index is 1.69. The first-order valence-corrected chi connectivity index (χ1v) is 10.5. The lowest BCUT2D eigenvalue weighted by molar-refractivity contribution is -0.116. The molecule has 0 fully saturated rings. The van der Waals surface area contributed by atoms with Crippen LogP contribution in [-0.4, -0.2) is 20.3 Å². The molecular weight excluding hydrogens is 388 g/mol. The molecule has 0 aliphatic carbocycles. The van der Waals surface area contributed by atoms with Gasteiger partial charge in [0, 0.05) is 11.9 Å². The summed E-state index contributed by atoms with van der Waals surface area (Å²) in [7, 11) is 0. The molecule has 0 aliphatic rings. The Kier molecular flexibility index (Phi) is 5.71. The van der Waals surface area contributed by atoms with Gasteiger partial charge in [-0.2, -0.15) is 0 Å². The predicted molar refractivity (Wildman–Crippen MR) is 124 cm³/mol. The van der Waals surface area contributed by atoms with Gasteiger partial charge in [-0.25, -0.2) is 9.67 Å². The second-order valence-corrected chi connectivity index (χ2v) is 7.89. The van der Waals surface area contributed by atoms with Crippen molar-refractivity contribution >= 4 is 22.6 Å². The summed E-state index contributed by atoms with van der Waals surface area (Å²) in [5.74, 6) is 0.203. The fraction of sp³-hybridized carbons (Fsp3) is 0.240. The number of aromatic nitrogens is 3. The Bertz CT molecular complexity index is 1270. The third-order valence-corrected chi connectivity index (χ3v) is 5.44. The number of rotatable bonds is 6. The van der Waals surface area contributed by atoms with Gasteiger partial charge in [0.15, 0.2) is 5.65 Å². The Hall–Kier alpha value is -3.67.